The Morgan fingerprint density at radius 2 is 0.972 bits per heavy atom. The number of carboxylic acids is 3. The molecule has 4 unspecified atom stereocenters. The maximum Gasteiger partial charge on any atom is 0.320 e. The Kier molecular flexibility index (Phi) is 17.6. The zero-order valence-electron chi connectivity index (χ0n) is 21.3. The third kappa shape index (κ3) is 19.9. The minimum absolute atomic E-state index is 0.0534. The van der Waals surface area contributed by atoms with Crippen LogP contribution in [-0.2, 0) is 38.1 Å². The number of aliphatic carboxylic acids is 3. The van der Waals surface area contributed by atoms with E-state index < -0.39 is 55.7 Å². The quantitative estimate of drug-likeness (QED) is 0.126. The lowest BCUT2D eigenvalue weighted by Crippen LogP contribution is -2.43. The second kappa shape index (κ2) is 18.8. The summed E-state index contributed by atoms with van der Waals surface area (Å²) in [5.74, 6) is -4.37. The first-order chi connectivity index (χ1) is 16.8. The molecule has 0 aliphatic rings. The third-order valence-electron chi connectivity index (χ3n) is 4.49. The number of esters is 1. The second-order valence-electron chi connectivity index (χ2n) is 8.57. The zero-order valence-corrected chi connectivity index (χ0v) is 21.3. The number of hydrogen-bond donors (Lipinski definition) is 4. The Morgan fingerprint density at radius 3 is 1.36 bits per heavy atom. The fraction of sp³-hybridized carbons (Fsp3) is 0.818. The van der Waals surface area contributed by atoms with Crippen molar-refractivity contribution < 1.29 is 58.6 Å². The van der Waals surface area contributed by atoms with Gasteiger partial charge in [0.15, 0.2) is 0 Å². The van der Waals surface area contributed by atoms with Crippen molar-refractivity contribution in [3.63, 3.8) is 0 Å². The Bertz CT molecular complexity index is 659. The van der Waals surface area contributed by atoms with Crippen LogP contribution in [-0.4, -0.2) is 144 Å². The molecule has 0 amide bonds. The Balaban J connectivity index is 4.43. The monoisotopic (exact) mass is 524 g/mol. The minimum Gasteiger partial charge on any atom is -0.480 e. The van der Waals surface area contributed by atoms with E-state index in [1.54, 1.807) is 13.8 Å². The molecule has 4 atom stereocenters. The number of rotatable bonds is 22. The number of aliphatic hydroxyl groups is 1. The standard InChI is InChI=1S/C22H40N2O12/c1-15(25)11-33-16(2)12-34-17(3)13-35-18(4)14-36-22(32)10-24(9-21(30)31)6-5-23(7-19(26)27)8-20(28)29/h15-18,25H,5-14H2,1-4H3,(H,26,27)(H,28,29)(H,30,31). The molecule has 14 nitrogen and oxygen atoms in total. The van der Waals surface area contributed by atoms with Crippen LogP contribution >= 0.6 is 0 Å². The van der Waals surface area contributed by atoms with Crippen molar-refractivity contribution in [1.82, 2.24) is 9.80 Å². The Hall–Kier alpha value is -2.36. The molecule has 36 heavy (non-hydrogen) atoms. The predicted molar refractivity (Wildman–Crippen MR) is 125 cm³/mol. The van der Waals surface area contributed by atoms with Crippen LogP contribution in [0.2, 0.25) is 0 Å². The van der Waals surface area contributed by atoms with Gasteiger partial charge in [-0.25, -0.2) is 0 Å². The number of nitrogens with zero attached hydrogens (tertiary/aromatic N) is 2. The molecular weight excluding hydrogens is 484 g/mol. The smallest absolute Gasteiger partial charge is 0.320 e. The maximum absolute atomic E-state index is 12.2. The van der Waals surface area contributed by atoms with Gasteiger partial charge in [0.05, 0.1) is 70.4 Å². The van der Waals surface area contributed by atoms with Gasteiger partial charge in [-0.05, 0) is 27.7 Å². The van der Waals surface area contributed by atoms with Crippen molar-refractivity contribution in [1.29, 1.82) is 0 Å². The molecule has 0 radical (unpaired) electrons. The van der Waals surface area contributed by atoms with Crippen molar-refractivity contribution in [3.05, 3.63) is 0 Å². The lowest BCUT2D eigenvalue weighted by Gasteiger charge is -2.24. The van der Waals surface area contributed by atoms with Gasteiger partial charge >= 0.3 is 23.9 Å². The minimum atomic E-state index is -1.23. The van der Waals surface area contributed by atoms with E-state index in [0.717, 1.165) is 4.90 Å². The number of carbonyl (C=O) groups is 4. The molecule has 0 aromatic carbocycles. The molecule has 0 aliphatic heterocycles. The van der Waals surface area contributed by atoms with E-state index in [1.807, 2.05) is 13.8 Å². The van der Waals surface area contributed by atoms with Crippen LogP contribution < -0.4 is 0 Å². The van der Waals surface area contributed by atoms with Crippen LogP contribution in [0.1, 0.15) is 27.7 Å². The summed E-state index contributed by atoms with van der Waals surface area (Å²) in [6.07, 6.45) is -1.48. The fourth-order valence-corrected chi connectivity index (χ4v) is 2.77. The normalized spacial score (nSPS) is 14.9. The van der Waals surface area contributed by atoms with Crippen molar-refractivity contribution in [2.75, 3.05) is 65.7 Å². The predicted octanol–water partition coefficient (Wildman–Crippen LogP) is -1.02. The topological polar surface area (TPSA) is 193 Å². The molecule has 0 aromatic heterocycles. The van der Waals surface area contributed by atoms with Gasteiger partial charge in [-0.15, -0.1) is 0 Å². The van der Waals surface area contributed by atoms with Crippen LogP contribution in [0.25, 0.3) is 0 Å². The Morgan fingerprint density at radius 1 is 0.611 bits per heavy atom. The summed E-state index contributed by atoms with van der Waals surface area (Å²) < 4.78 is 21.8. The summed E-state index contributed by atoms with van der Waals surface area (Å²) in [6, 6.07) is 0. The fourth-order valence-electron chi connectivity index (χ4n) is 2.77. The van der Waals surface area contributed by atoms with E-state index in [2.05, 4.69) is 0 Å². The van der Waals surface area contributed by atoms with E-state index >= 15 is 0 Å². The van der Waals surface area contributed by atoms with Crippen molar-refractivity contribution in [2.45, 2.75) is 52.1 Å². The number of carbonyl (C=O) groups excluding carboxylic acids is 1. The highest BCUT2D eigenvalue weighted by atomic mass is 16.6. The summed E-state index contributed by atoms with van der Waals surface area (Å²) in [4.78, 5) is 47.5. The molecule has 210 valence electrons. The van der Waals surface area contributed by atoms with E-state index in [-0.39, 0.29) is 51.7 Å². The molecule has 14 heteroatoms. The van der Waals surface area contributed by atoms with Crippen molar-refractivity contribution in [3.8, 4) is 0 Å². The molecule has 0 fully saturated rings. The molecule has 0 spiro atoms. The van der Waals surface area contributed by atoms with Gasteiger partial charge in [-0.3, -0.25) is 29.0 Å². The summed E-state index contributed by atoms with van der Waals surface area (Å²) in [7, 11) is 0. The lowest BCUT2D eigenvalue weighted by atomic mass is 10.3. The number of carboxylic acid groups (broad SMARTS) is 3. The first-order valence-corrected chi connectivity index (χ1v) is 11.6. The number of hydrogen-bond acceptors (Lipinski definition) is 11. The molecule has 0 bridgehead atoms. The Labute approximate surface area is 210 Å². The average Bonchev–Trinajstić information content (AvgIpc) is 2.75. The molecule has 0 saturated carbocycles. The second-order valence-corrected chi connectivity index (χ2v) is 8.57. The van der Waals surface area contributed by atoms with E-state index in [0.29, 0.717) is 6.61 Å². The molecule has 0 aliphatic carbocycles. The average molecular weight is 525 g/mol. The van der Waals surface area contributed by atoms with Crippen molar-refractivity contribution in [2.24, 2.45) is 0 Å². The highest BCUT2D eigenvalue weighted by molar-refractivity contribution is 5.74. The summed E-state index contributed by atoms with van der Waals surface area (Å²) in [5, 5.41) is 36.1. The number of aliphatic hydroxyl groups excluding tert-OH is 1. The maximum atomic E-state index is 12.2. The van der Waals surface area contributed by atoms with E-state index in [1.165, 1.54) is 4.90 Å². The first-order valence-electron chi connectivity index (χ1n) is 11.6. The SMILES string of the molecule is CC(O)COC(C)COC(C)COC(C)COC(=O)CN(CCN(CC(=O)O)CC(=O)O)CC(=O)O. The summed E-state index contributed by atoms with van der Waals surface area (Å²) in [6.45, 7) is 5.54. The van der Waals surface area contributed by atoms with Gasteiger partial charge in [0.1, 0.15) is 6.61 Å². The number of ether oxygens (including phenoxy) is 4. The zero-order chi connectivity index (χ0) is 27.7. The first kappa shape index (κ1) is 33.6. The van der Waals surface area contributed by atoms with Crippen molar-refractivity contribution >= 4 is 23.9 Å². The molecule has 0 heterocycles. The van der Waals surface area contributed by atoms with E-state index in [4.69, 9.17) is 34.3 Å². The third-order valence-corrected chi connectivity index (χ3v) is 4.49. The molecular formula is C22H40N2O12. The molecule has 0 saturated heterocycles. The van der Waals surface area contributed by atoms with Crippen LogP contribution in [0.3, 0.4) is 0 Å². The van der Waals surface area contributed by atoms with Crippen LogP contribution in [0.5, 0.6) is 0 Å². The van der Waals surface area contributed by atoms with Crippen LogP contribution in [0, 0.1) is 0 Å². The molecule has 0 rings (SSSR count). The molecule has 0 aromatic rings. The van der Waals surface area contributed by atoms with Crippen LogP contribution in [0.4, 0.5) is 0 Å². The van der Waals surface area contributed by atoms with Gasteiger partial charge in [0.2, 0.25) is 0 Å². The lowest BCUT2D eigenvalue weighted by molar-refractivity contribution is -0.151. The van der Waals surface area contributed by atoms with Gasteiger partial charge < -0.3 is 39.4 Å². The summed E-state index contributed by atoms with van der Waals surface area (Å²) in [5.41, 5.74) is 0. The van der Waals surface area contributed by atoms with Crippen LogP contribution in [0.15, 0.2) is 0 Å². The largest absolute Gasteiger partial charge is 0.480 e. The highest BCUT2D eigenvalue weighted by Crippen LogP contribution is 2.02. The highest BCUT2D eigenvalue weighted by Gasteiger charge is 2.20. The molecule has 4 N–H and O–H groups in total. The van der Waals surface area contributed by atoms with Gasteiger partial charge in [0.25, 0.3) is 0 Å². The van der Waals surface area contributed by atoms with Gasteiger partial charge in [-0.1, -0.05) is 0 Å². The summed E-state index contributed by atoms with van der Waals surface area (Å²) >= 11 is 0. The van der Waals surface area contributed by atoms with Gasteiger partial charge in [-0.2, -0.15) is 0 Å². The van der Waals surface area contributed by atoms with Gasteiger partial charge in [0, 0.05) is 13.1 Å². The van der Waals surface area contributed by atoms with E-state index in [9.17, 15) is 24.3 Å².